The molecule has 2 amide bonds. The van der Waals surface area contributed by atoms with Gasteiger partial charge in [0.2, 0.25) is 0 Å². The molecule has 0 aliphatic carbocycles. The first-order chi connectivity index (χ1) is 10.5. The van der Waals surface area contributed by atoms with Crippen LogP contribution in [0.5, 0.6) is 11.5 Å². The van der Waals surface area contributed by atoms with Crippen molar-refractivity contribution >= 4 is 23.4 Å². The van der Waals surface area contributed by atoms with Gasteiger partial charge in [-0.15, -0.1) is 0 Å². The summed E-state index contributed by atoms with van der Waals surface area (Å²) in [5, 5.41) is 10.1. The lowest BCUT2D eigenvalue weighted by Crippen LogP contribution is -2.41. The summed E-state index contributed by atoms with van der Waals surface area (Å²) in [4.78, 5) is 23.8. The molecule has 0 saturated heterocycles. The van der Waals surface area contributed by atoms with E-state index in [0.717, 1.165) is 0 Å². The number of hydrogen-bond acceptors (Lipinski definition) is 4. The normalized spacial score (nSPS) is 9.91. The molecule has 2 aromatic rings. The van der Waals surface area contributed by atoms with Crippen molar-refractivity contribution in [2.75, 3.05) is 7.11 Å². The van der Waals surface area contributed by atoms with Gasteiger partial charge in [-0.1, -0.05) is 17.7 Å². The molecule has 0 unspecified atom stereocenters. The molecule has 2 rings (SSSR count). The topological polar surface area (TPSA) is 87.7 Å². The van der Waals surface area contributed by atoms with E-state index in [2.05, 4.69) is 10.9 Å². The van der Waals surface area contributed by atoms with E-state index < -0.39 is 11.8 Å². The van der Waals surface area contributed by atoms with Crippen LogP contribution in [0.2, 0.25) is 5.02 Å². The van der Waals surface area contributed by atoms with Crippen molar-refractivity contribution in [1.82, 2.24) is 10.9 Å². The van der Waals surface area contributed by atoms with Crippen LogP contribution in [0.3, 0.4) is 0 Å². The standard InChI is InChI=1S/C15H13ClN2O4/c1-22-11-5-6-12(13(19)8-11)15(21)18-17-14(20)9-3-2-4-10(16)7-9/h2-8,19H,1H3,(H,17,20)(H,18,21). The summed E-state index contributed by atoms with van der Waals surface area (Å²) in [6.45, 7) is 0. The first-order valence-corrected chi connectivity index (χ1v) is 6.62. The molecule has 0 saturated carbocycles. The molecule has 114 valence electrons. The largest absolute Gasteiger partial charge is 0.507 e. The summed E-state index contributed by atoms with van der Waals surface area (Å²) < 4.78 is 4.92. The zero-order valence-corrected chi connectivity index (χ0v) is 12.3. The average Bonchev–Trinajstić information content (AvgIpc) is 2.52. The van der Waals surface area contributed by atoms with Crippen molar-refractivity contribution in [2.45, 2.75) is 0 Å². The Hall–Kier alpha value is -2.73. The first kappa shape index (κ1) is 15.7. The highest BCUT2D eigenvalue weighted by atomic mass is 35.5. The van der Waals surface area contributed by atoms with Gasteiger partial charge in [-0.05, 0) is 30.3 Å². The molecule has 0 aliphatic rings. The van der Waals surface area contributed by atoms with Crippen molar-refractivity contribution in [2.24, 2.45) is 0 Å². The Morgan fingerprint density at radius 2 is 1.82 bits per heavy atom. The Balaban J connectivity index is 2.02. The molecule has 0 bridgehead atoms. The first-order valence-electron chi connectivity index (χ1n) is 6.24. The molecule has 0 aliphatic heterocycles. The minimum absolute atomic E-state index is 0.00666. The number of hydrazine groups is 1. The van der Waals surface area contributed by atoms with Crippen molar-refractivity contribution in [1.29, 1.82) is 0 Å². The van der Waals surface area contributed by atoms with Crippen molar-refractivity contribution in [3.05, 3.63) is 58.6 Å². The van der Waals surface area contributed by atoms with Gasteiger partial charge in [-0.2, -0.15) is 0 Å². The van der Waals surface area contributed by atoms with Crippen LogP contribution in [0, 0.1) is 0 Å². The molecule has 6 nitrogen and oxygen atoms in total. The summed E-state index contributed by atoms with van der Waals surface area (Å²) in [6, 6.07) is 10.5. The maximum atomic E-state index is 11.9. The number of aromatic hydroxyl groups is 1. The van der Waals surface area contributed by atoms with Crippen LogP contribution in [0.4, 0.5) is 0 Å². The highest BCUT2D eigenvalue weighted by Gasteiger charge is 2.13. The Morgan fingerprint density at radius 1 is 1.09 bits per heavy atom. The lowest BCUT2D eigenvalue weighted by atomic mass is 10.2. The van der Waals surface area contributed by atoms with Crippen LogP contribution < -0.4 is 15.6 Å². The lowest BCUT2D eigenvalue weighted by Gasteiger charge is -2.09. The molecule has 0 atom stereocenters. The molecular formula is C15H13ClN2O4. The van der Waals surface area contributed by atoms with E-state index in [4.69, 9.17) is 16.3 Å². The predicted molar refractivity (Wildman–Crippen MR) is 81.0 cm³/mol. The number of benzene rings is 2. The Bertz CT molecular complexity index is 718. The Labute approximate surface area is 131 Å². The molecule has 0 radical (unpaired) electrons. The van der Waals surface area contributed by atoms with E-state index in [9.17, 15) is 14.7 Å². The molecule has 7 heteroatoms. The van der Waals surface area contributed by atoms with Gasteiger partial charge in [-0.3, -0.25) is 20.4 Å². The second-order valence-corrected chi connectivity index (χ2v) is 4.74. The van der Waals surface area contributed by atoms with Crippen LogP contribution in [0.15, 0.2) is 42.5 Å². The molecule has 22 heavy (non-hydrogen) atoms. The quantitative estimate of drug-likeness (QED) is 0.756. The SMILES string of the molecule is COc1ccc(C(=O)NNC(=O)c2cccc(Cl)c2)c(O)c1. The number of carbonyl (C=O) groups is 2. The van der Waals surface area contributed by atoms with Crippen LogP contribution in [-0.2, 0) is 0 Å². The van der Waals surface area contributed by atoms with Crippen molar-refractivity contribution in [3.63, 3.8) is 0 Å². The van der Waals surface area contributed by atoms with Gasteiger partial charge in [0.15, 0.2) is 0 Å². The number of carbonyl (C=O) groups excluding carboxylic acids is 2. The van der Waals surface area contributed by atoms with Gasteiger partial charge >= 0.3 is 0 Å². The summed E-state index contributed by atoms with van der Waals surface area (Å²) in [7, 11) is 1.44. The summed E-state index contributed by atoms with van der Waals surface area (Å²) in [5.74, 6) is -1.02. The number of amides is 2. The van der Waals surface area contributed by atoms with Crippen molar-refractivity contribution in [3.8, 4) is 11.5 Å². The van der Waals surface area contributed by atoms with E-state index in [-0.39, 0.29) is 11.3 Å². The van der Waals surface area contributed by atoms with Gasteiger partial charge in [0, 0.05) is 16.7 Å². The second kappa shape index (κ2) is 6.82. The van der Waals surface area contributed by atoms with Gasteiger partial charge in [0.25, 0.3) is 11.8 Å². The zero-order chi connectivity index (χ0) is 16.1. The lowest BCUT2D eigenvalue weighted by molar-refractivity contribution is 0.0845. The number of hydrogen-bond donors (Lipinski definition) is 3. The second-order valence-electron chi connectivity index (χ2n) is 4.30. The number of nitrogens with one attached hydrogen (secondary N) is 2. The summed E-state index contributed by atoms with van der Waals surface area (Å²) >= 11 is 5.78. The third-order valence-corrected chi connectivity index (χ3v) is 3.06. The van der Waals surface area contributed by atoms with Gasteiger partial charge in [0.05, 0.1) is 12.7 Å². The van der Waals surface area contributed by atoms with E-state index in [1.807, 2.05) is 0 Å². The number of phenolic OH excluding ortho intramolecular Hbond substituents is 1. The smallest absolute Gasteiger partial charge is 0.273 e. The van der Waals surface area contributed by atoms with E-state index in [1.165, 1.54) is 31.4 Å². The number of methoxy groups -OCH3 is 1. The summed E-state index contributed by atoms with van der Waals surface area (Å²) in [6.07, 6.45) is 0. The fraction of sp³-hybridized carbons (Fsp3) is 0.0667. The predicted octanol–water partition coefficient (Wildman–Crippen LogP) is 2.13. The Morgan fingerprint density at radius 3 is 2.45 bits per heavy atom. The third kappa shape index (κ3) is 3.67. The molecule has 2 aromatic carbocycles. The maximum Gasteiger partial charge on any atom is 0.273 e. The van der Waals surface area contributed by atoms with Crippen molar-refractivity contribution < 1.29 is 19.4 Å². The van der Waals surface area contributed by atoms with Crippen LogP contribution in [0.25, 0.3) is 0 Å². The highest BCUT2D eigenvalue weighted by molar-refractivity contribution is 6.30. The number of phenols is 1. The monoisotopic (exact) mass is 320 g/mol. The molecule has 3 N–H and O–H groups in total. The van der Waals surface area contributed by atoms with E-state index >= 15 is 0 Å². The van der Waals surface area contributed by atoms with Crippen LogP contribution >= 0.6 is 11.6 Å². The minimum atomic E-state index is -0.657. The summed E-state index contributed by atoms with van der Waals surface area (Å²) in [5.41, 5.74) is 4.76. The number of halogens is 1. The fourth-order valence-electron chi connectivity index (χ4n) is 1.71. The Kier molecular flexibility index (Phi) is 4.85. The highest BCUT2D eigenvalue weighted by Crippen LogP contribution is 2.23. The molecule has 0 fully saturated rings. The van der Waals surface area contributed by atoms with Crippen LogP contribution in [0.1, 0.15) is 20.7 Å². The average molecular weight is 321 g/mol. The minimum Gasteiger partial charge on any atom is -0.507 e. The molecule has 0 spiro atoms. The number of ether oxygens (including phenoxy) is 1. The number of rotatable bonds is 3. The molecule has 0 heterocycles. The molecule has 0 aromatic heterocycles. The van der Waals surface area contributed by atoms with Gasteiger partial charge in [0.1, 0.15) is 11.5 Å². The third-order valence-electron chi connectivity index (χ3n) is 2.83. The molecular weight excluding hydrogens is 308 g/mol. The zero-order valence-electron chi connectivity index (χ0n) is 11.6. The van der Waals surface area contributed by atoms with Gasteiger partial charge in [-0.25, -0.2) is 0 Å². The van der Waals surface area contributed by atoms with E-state index in [1.54, 1.807) is 18.2 Å². The van der Waals surface area contributed by atoms with Crippen LogP contribution in [-0.4, -0.2) is 24.0 Å². The van der Waals surface area contributed by atoms with Gasteiger partial charge < -0.3 is 9.84 Å². The maximum absolute atomic E-state index is 11.9. The van der Waals surface area contributed by atoms with E-state index in [0.29, 0.717) is 16.3 Å². The fourth-order valence-corrected chi connectivity index (χ4v) is 1.90.